The van der Waals surface area contributed by atoms with Gasteiger partial charge in [0.1, 0.15) is 5.75 Å². The third kappa shape index (κ3) is 6.32. The Morgan fingerprint density at radius 1 is 1.33 bits per heavy atom. The molecule has 0 saturated carbocycles. The van der Waals surface area contributed by atoms with E-state index in [2.05, 4.69) is 30.3 Å². The summed E-state index contributed by atoms with van der Waals surface area (Å²) < 4.78 is 5.61. The van der Waals surface area contributed by atoms with Crippen molar-refractivity contribution in [1.82, 2.24) is 5.32 Å². The second kappa shape index (κ2) is 9.56. The van der Waals surface area contributed by atoms with Crippen LogP contribution < -0.4 is 10.1 Å². The predicted molar refractivity (Wildman–Crippen MR) is 76.6 cm³/mol. The van der Waals surface area contributed by atoms with Gasteiger partial charge in [0.05, 0.1) is 6.61 Å². The second-order valence-corrected chi connectivity index (χ2v) is 4.33. The fourth-order valence-corrected chi connectivity index (χ4v) is 1.67. The van der Waals surface area contributed by atoms with Crippen LogP contribution in [-0.2, 0) is 6.54 Å². The number of rotatable bonds is 9. The predicted octanol–water partition coefficient (Wildman–Crippen LogP) is 3.37. The zero-order chi connectivity index (χ0) is 13.1. The van der Waals surface area contributed by atoms with Crippen LogP contribution in [0.5, 0.6) is 5.75 Å². The summed E-state index contributed by atoms with van der Waals surface area (Å²) in [6.07, 6.45) is 9.36. The van der Waals surface area contributed by atoms with Gasteiger partial charge in [0.25, 0.3) is 0 Å². The van der Waals surface area contributed by atoms with E-state index in [0.717, 1.165) is 51.1 Å². The molecule has 98 valence electrons. The van der Waals surface area contributed by atoms with E-state index >= 15 is 0 Å². The quantitative estimate of drug-likeness (QED) is 0.532. The standard InChI is InChI=1S/C16H23NO/c1-3-5-6-7-11-17-14-15-9-8-10-16(13-15)18-12-4-2/h1,8-10,13,17H,4-7,11-12,14H2,2H3. The van der Waals surface area contributed by atoms with E-state index in [1.54, 1.807) is 0 Å². The van der Waals surface area contributed by atoms with Crippen molar-refractivity contribution >= 4 is 0 Å². The van der Waals surface area contributed by atoms with Gasteiger partial charge in [0.15, 0.2) is 0 Å². The number of ether oxygens (including phenoxy) is 1. The summed E-state index contributed by atoms with van der Waals surface area (Å²) in [6, 6.07) is 8.27. The van der Waals surface area contributed by atoms with E-state index in [9.17, 15) is 0 Å². The van der Waals surface area contributed by atoms with Crippen LogP contribution in [0.25, 0.3) is 0 Å². The number of benzene rings is 1. The zero-order valence-electron chi connectivity index (χ0n) is 11.2. The summed E-state index contributed by atoms with van der Waals surface area (Å²) in [5.41, 5.74) is 1.26. The highest BCUT2D eigenvalue weighted by Crippen LogP contribution is 2.13. The summed E-state index contributed by atoms with van der Waals surface area (Å²) in [6.45, 7) is 4.80. The van der Waals surface area contributed by atoms with Gasteiger partial charge in [-0.15, -0.1) is 12.3 Å². The molecule has 0 atom stereocenters. The molecule has 2 heteroatoms. The maximum atomic E-state index is 5.61. The minimum atomic E-state index is 0.781. The van der Waals surface area contributed by atoms with E-state index in [1.165, 1.54) is 5.56 Å². The Kier molecular flexibility index (Phi) is 7.75. The summed E-state index contributed by atoms with van der Waals surface area (Å²) in [5, 5.41) is 3.42. The summed E-state index contributed by atoms with van der Waals surface area (Å²) >= 11 is 0. The molecule has 1 N–H and O–H groups in total. The van der Waals surface area contributed by atoms with Crippen molar-refractivity contribution in [3.8, 4) is 18.1 Å². The molecule has 0 aromatic heterocycles. The Bertz CT molecular complexity index is 368. The average Bonchev–Trinajstić information content (AvgIpc) is 2.41. The molecule has 0 radical (unpaired) electrons. The van der Waals surface area contributed by atoms with Gasteiger partial charge in [0.2, 0.25) is 0 Å². The maximum Gasteiger partial charge on any atom is 0.119 e. The molecule has 0 spiro atoms. The van der Waals surface area contributed by atoms with E-state index in [1.807, 2.05) is 12.1 Å². The molecule has 0 unspecified atom stereocenters. The van der Waals surface area contributed by atoms with Crippen molar-refractivity contribution in [2.75, 3.05) is 13.2 Å². The zero-order valence-corrected chi connectivity index (χ0v) is 11.2. The molecular weight excluding hydrogens is 222 g/mol. The number of hydrogen-bond donors (Lipinski definition) is 1. The van der Waals surface area contributed by atoms with E-state index in [4.69, 9.17) is 11.2 Å². The van der Waals surface area contributed by atoms with Crippen LogP contribution in [0.3, 0.4) is 0 Å². The lowest BCUT2D eigenvalue weighted by atomic mass is 10.2. The molecule has 0 saturated heterocycles. The fraction of sp³-hybridized carbons (Fsp3) is 0.500. The number of unbranched alkanes of at least 4 members (excludes halogenated alkanes) is 2. The molecule has 0 aliphatic heterocycles. The Morgan fingerprint density at radius 2 is 2.22 bits per heavy atom. The summed E-state index contributed by atoms with van der Waals surface area (Å²) in [5.74, 6) is 3.62. The highest BCUT2D eigenvalue weighted by atomic mass is 16.5. The monoisotopic (exact) mass is 245 g/mol. The van der Waals surface area contributed by atoms with Crippen LogP contribution in [0.4, 0.5) is 0 Å². The second-order valence-electron chi connectivity index (χ2n) is 4.33. The van der Waals surface area contributed by atoms with Crippen LogP contribution in [0.15, 0.2) is 24.3 Å². The number of terminal acetylenes is 1. The molecule has 0 aliphatic rings. The molecule has 0 amide bonds. The maximum absolute atomic E-state index is 5.61. The highest BCUT2D eigenvalue weighted by molar-refractivity contribution is 5.28. The van der Waals surface area contributed by atoms with Crippen LogP contribution >= 0.6 is 0 Å². The van der Waals surface area contributed by atoms with Crippen molar-refractivity contribution in [3.63, 3.8) is 0 Å². The average molecular weight is 245 g/mol. The van der Waals surface area contributed by atoms with Crippen LogP contribution in [0.1, 0.15) is 38.2 Å². The van der Waals surface area contributed by atoms with Gasteiger partial charge in [-0.25, -0.2) is 0 Å². The van der Waals surface area contributed by atoms with Crippen LogP contribution in [-0.4, -0.2) is 13.2 Å². The summed E-state index contributed by atoms with van der Waals surface area (Å²) in [4.78, 5) is 0. The minimum Gasteiger partial charge on any atom is -0.494 e. The normalized spacial score (nSPS) is 10.0. The third-order valence-corrected chi connectivity index (χ3v) is 2.63. The molecular formula is C16H23NO. The molecule has 1 aromatic rings. The van der Waals surface area contributed by atoms with Crippen molar-refractivity contribution in [2.45, 2.75) is 39.2 Å². The lowest BCUT2D eigenvalue weighted by Crippen LogP contribution is -2.14. The topological polar surface area (TPSA) is 21.3 Å². The Labute approximate surface area is 111 Å². The molecule has 18 heavy (non-hydrogen) atoms. The van der Waals surface area contributed by atoms with Gasteiger partial charge >= 0.3 is 0 Å². The Balaban J connectivity index is 2.23. The SMILES string of the molecule is C#CCCCCNCc1cccc(OCCC)c1. The van der Waals surface area contributed by atoms with Gasteiger partial charge in [-0.05, 0) is 43.5 Å². The molecule has 1 aromatic carbocycles. The molecule has 0 heterocycles. The lowest BCUT2D eigenvalue weighted by Gasteiger charge is -2.08. The Hall–Kier alpha value is -1.46. The van der Waals surface area contributed by atoms with E-state index in [-0.39, 0.29) is 0 Å². The third-order valence-electron chi connectivity index (χ3n) is 2.63. The first kappa shape index (κ1) is 14.6. The van der Waals surface area contributed by atoms with Crippen molar-refractivity contribution in [1.29, 1.82) is 0 Å². The Morgan fingerprint density at radius 3 is 3.00 bits per heavy atom. The van der Waals surface area contributed by atoms with Gasteiger partial charge in [-0.3, -0.25) is 0 Å². The first-order chi connectivity index (χ1) is 8.86. The smallest absolute Gasteiger partial charge is 0.119 e. The first-order valence-corrected chi connectivity index (χ1v) is 6.72. The van der Waals surface area contributed by atoms with Crippen molar-refractivity contribution in [2.24, 2.45) is 0 Å². The molecule has 0 fully saturated rings. The van der Waals surface area contributed by atoms with Crippen molar-refractivity contribution < 1.29 is 4.74 Å². The van der Waals surface area contributed by atoms with Gasteiger partial charge in [-0.2, -0.15) is 0 Å². The van der Waals surface area contributed by atoms with Gasteiger partial charge in [0, 0.05) is 13.0 Å². The minimum absolute atomic E-state index is 0.781. The van der Waals surface area contributed by atoms with Gasteiger partial charge < -0.3 is 10.1 Å². The summed E-state index contributed by atoms with van der Waals surface area (Å²) in [7, 11) is 0. The lowest BCUT2D eigenvalue weighted by molar-refractivity contribution is 0.317. The number of nitrogens with one attached hydrogen (secondary N) is 1. The van der Waals surface area contributed by atoms with Crippen LogP contribution in [0, 0.1) is 12.3 Å². The van der Waals surface area contributed by atoms with E-state index < -0.39 is 0 Å². The largest absolute Gasteiger partial charge is 0.494 e. The fourth-order valence-electron chi connectivity index (χ4n) is 1.67. The molecule has 1 rings (SSSR count). The molecule has 0 bridgehead atoms. The van der Waals surface area contributed by atoms with Crippen LogP contribution in [0.2, 0.25) is 0 Å². The number of hydrogen-bond acceptors (Lipinski definition) is 2. The highest BCUT2D eigenvalue weighted by Gasteiger charge is 1.96. The first-order valence-electron chi connectivity index (χ1n) is 6.72. The molecule has 0 aliphatic carbocycles. The van der Waals surface area contributed by atoms with E-state index in [0.29, 0.717) is 0 Å². The van der Waals surface area contributed by atoms with Gasteiger partial charge in [-0.1, -0.05) is 19.1 Å². The van der Waals surface area contributed by atoms with Crippen molar-refractivity contribution in [3.05, 3.63) is 29.8 Å². The molecule has 2 nitrogen and oxygen atoms in total.